The molecule has 0 spiro atoms. The minimum atomic E-state index is 0. The van der Waals surface area contributed by atoms with Crippen LogP contribution in [0.2, 0.25) is 0 Å². The van der Waals surface area contributed by atoms with Gasteiger partial charge < -0.3 is 10.6 Å². The summed E-state index contributed by atoms with van der Waals surface area (Å²) in [5.41, 5.74) is 5.30. The lowest BCUT2D eigenvalue weighted by atomic mass is 10.3. The van der Waals surface area contributed by atoms with Crippen LogP contribution in [-0.4, -0.2) is 32.1 Å². The Morgan fingerprint density at radius 2 is 1.78 bits per heavy atom. The van der Waals surface area contributed by atoms with Crippen molar-refractivity contribution in [1.29, 1.82) is 0 Å². The monoisotopic (exact) mass is 152 g/mol. The van der Waals surface area contributed by atoms with E-state index in [0.717, 1.165) is 19.5 Å². The highest BCUT2D eigenvalue weighted by Gasteiger charge is 1.86. The van der Waals surface area contributed by atoms with Crippen molar-refractivity contribution in [2.24, 2.45) is 5.73 Å². The Morgan fingerprint density at radius 3 is 2.11 bits per heavy atom. The molecule has 0 rings (SSSR count). The third kappa shape index (κ3) is 11.7. The van der Waals surface area contributed by atoms with Crippen LogP contribution in [0.4, 0.5) is 0 Å². The molecule has 0 saturated heterocycles. The van der Waals surface area contributed by atoms with Crippen molar-refractivity contribution in [3.8, 4) is 0 Å². The van der Waals surface area contributed by atoms with E-state index in [1.165, 1.54) is 6.42 Å². The molecular weight excluding hydrogens is 136 g/mol. The Hall–Kier alpha value is 0.210. The van der Waals surface area contributed by atoms with Crippen LogP contribution in [0.15, 0.2) is 0 Å². The summed E-state index contributed by atoms with van der Waals surface area (Å²) in [4.78, 5) is 2.18. The summed E-state index contributed by atoms with van der Waals surface area (Å²) in [5, 5.41) is 0. The van der Waals surface area contributed by atoms with E-state index < -0.39 is 0 Å². The Kier molecular flexibility index (Phi) is 10.9. The minimum Gasteiger partial charge on any atom is -0.330 e. The van der Waals surface area contributed by atoms with Gasteiger partial charge in [0.1, 0.15) is 0 Å². The standard InChI is InChI=1S/C6H16N2.ClH/c1-8(2)6-4-3-5-7;/h3-7H2,1-2H3;1H. The number of hydrogen-bond donors (Lipinski definition) is 1. The second-order valence-electron chi connectivity index (χ2n) is 2.30. The van der Waals surface area contributed by atoms with Crippen molar-refractivity contribution in [3.05, 3.63) is 0 Å². The van der Waals surface area contributed by atoms with Crippen molar-refractivity contribution in [3.63, 3.8) is 0 Å². The zero-order valence-electron chi connectivity index (χ0n) is 6.26. The van der Waals surface area contributed by atoms with Crippen molar-refractivity contribution in [1.82, 2.24) is 4.90 Å². The summed E-state index contributed by atoms with van der Waals surface area (Å²) >= 11 is 0. The highest BCUT2D eigenvalue weighted by atomic mass is 35.5. The van der Waals surface area contributed by atoms with Crippen LogP contribution < -0.4 is 5.73 Å². The van der Waals surface area contributed by atoms with Gasteiger partial charge in [0.2, 0.25) is 0 Å². The molecule has 0 saturated carbocycles. The maximum absolute atomic E-state index is 5.30. The van der Waals surface area contributed by atoms with E-state index in [0.29, 0.717) is 0 Å². The molecule has 0 aliphatic heterocycles. The van der Waals surface area contributed by atoms with Gasteiger partial charge in [-0.15, -0.1) is 12.4 Å². The van der Waals surface area contributed by atoms with Crippen molar-refractivity contribution in [2.75, 3.05) is 27.2 Å². The first-order valence-electron chi connectivity index (χ1n) is 3.12. The number of halogens is 1. The van der Waals surface area contributed by atoms with Gasteiger partial charge in [0.15, 0.2) is 0 Å². The molecule has 0 amide bonds. The van der Waals surface area contributed by atoms with Crippen molar-refractivity contribution >= 4 is 12.4 Å². The summed E-state index contributed by atoms with van der Waals surface area (Å²) in [6.45, 7) is 1.99. The van der Waals surface area contributed by atoms with E-state index in [9.17, 15) is 0 Å². The summed E-state index contributed by atoms with van der Waals surface area (Å²) in [6.07, 6.45) is 2.38. The molecule has 0 heterocycles. The zero-order valence-corrected chi connectivity index (χ0v) is 7.08. The van der Waals surface area contributed by atoms with Crippen LogP contribution in [0.5, 0.6) is 0 Å². The zero-order chi connectivity index (χ0) is 6.41. The molecule has 2 N–H and O–H groups in total. The Morgan fingerprint density at radius 1 is 1.22 bits per heavy atom. The van der Waals surface area contributed by atoms with Crippen LogP contribution in [0.1, 0.15) is 12.8 Å². The van der Waals surface area contributed by atoms with E-state index in [4.69, 9.17) is 5.73 Å². The Labute approximate surface area is 63.8 Å². The largest absolute Gasteiger partial charge is 0.330 e. The summed E-state index contributed by atoms with van der Waals surface area (Å²) in [5.74, 6) is 0. The van der Waals surface area contributed by atoms with Crippen LogP contribution >= 0.6 is 12.4 Å². The molecule has 0 unspecified atom stereocenters. The number of nitrogens with zero attached hydrogens (tertiary/aromatic N) is 1. The summed E-state index contributed by atoms with van der Waals surface area (Å²) in [7, 11) is 4.16. The predicted octanol–water partition coefficient (Wildman–Crippen LogP) is 0.709. The molecule has 0 aromatic heterocycles. The number of nitrogens with two attached hydrogens (primary N) is 1. The second-order valence-corrected chi connectivity index (χ2v) is 2.30. The van der Waals surface area contributed by atoms with E-state index in [1.807, 2.05) is 0 Å². The molecule has 3 heteroatoms. The number of unbranched alkanes of at least 4 members (excludes halogenated alkanes) is 1. The lowest BCUT2D eigenvalue weighted by molar-refractivity contribution is 0.396. The quantitative estimate of drug-likeness (QED) is 0.602. The molecule has 2 nitrogen and oxygen atoms in total. The number of rotatable bonds is 4. The first-order chi connectivity index (χ1) is 3.77. The summed E-state index contributed by atoms with van der Waals surface area (Å²) < 4.78 is 0. The van der Waals surface area contributed by atoms with Gasteiger partial charge in [0.25, 0.3) is 0 Å². The maximum atomic E-state index is 5.30. The average Bonchev–Trinajstić information content (AvgIpc) is 1.66. The van der Waals surface area contributed by atoms with Gasteiger partial charge in [-0.3, -0.25) is 0 Å². The molecule has 0 aromatic carbocycles. The van der Waals surface area contributed by atoms with Crippen LogP contribution in [0, 0.1) is 0 Å². The lowest BCUT2D eigenvalue weighted by Gasteiger charge is -2.06. The van der Waals surface area contributed by atoms with E-state index in [-0.39, 0.29) is 12.4 Å². The molecule has 0 aromatic rings. The SMILES string of the molecule is CN(C)CCCCN.Cl. The predicted molar refractivity (Wildman–Crippen MR) is 44.1 cm³/mol. The molecule has 0 aliphatic rings. The van der Waals surface area contributed by atoms with Gasteiger partial charge in [-0.1, -0.05) is 0 Å². The van der Waals surface area contributed by atoms with Gasteiger partial charge >= 0.3 is 0 Å². The second kappa shape index (κ2) is 8.21. The molecule has 0 fully saturated rings. The van der Waals surface area contributed by atoms with Gasteiger partial charge in [-0.25, -0.2) is 0 Å². The van der Waals surface area contributed by atoms with E-state index in [1.54, 1.807) is 0 Å². The van der Waals surface area contributed by atoms with E-state index in [2.05, 4.69) is 19.0 Å². The first-order valence-corrected chi connectivity index (χ1v) is 3.12. The third-order valence-corrected chi connectivity index (χ3v) is 1.06. The molecule has 0 bridgehead atoms. The third-order valence-electron chi connectivity index (χ3n) is 1.06. The molecular formula is C6H17ClN2. The molecule has 0 aliphatic carbocycles. The Balaban J connectivity index is 0. The fourth-order valence-corrected chi connectivity index (χ4v) is 0.572. The molecule has 9 heavy (non-hydrogen) atoms. The maximum Gasteiger partial charge on any atom is -0.00244 e. The molecule has 0 radical (unpaired) electrons. The topological polar surface area (TPSA) is 29.3 Å². The van der Waals surface area contributed by atoms with Crippen molar-refractivity contribution < 1.29 is 0 Å². The average molecular weight is 153 g/mol. The smallest absolute Gasteiger partial charge is 0.00244 e. The summed E-state index contributed by atoms with van der Waals surface area (Å²) in [6, 6.07) is 0. The number of hydrogen-bond acceptors (Lipinski definition) is 2. The van der Waals surface area contributed by atoms with Gasteiger partial charge in [-0.05, 0) is 40.0 Å². The normalized spacial score (nSPS) is 9.33. The van der Waals surface area contributed by atoms with Crippen LogP contribution in [0.3, 0.4) is 0 Å². The Bertz CT molecular complexity index is 48.3. The molecule has 58 valence electrons. The van der Waals surface area contributed by atoms with E-state index >= 15 is 0 Å². The minimum absolute atomic E-state index is 0. The van der Waals surface area contributed by atoms with Crippen molar-refractivity contribution in [2.45, 2.75) is 12.8 Å². The first kappa shape index (κ1) is 11.9. The fraction of sp³-hybridized carbons (Fsp3) is 1.00. The highest BCUT2D eigenvalue weighted by Crippen LogP contribution is 1.86. The lowest BCUT2D eigenvalue weighted by Crippen LogP contribution is -2.14. The van der Waals surface area contributed by atoms with Crippen LogP contribution in [-0.2, 0) is 0 Å². The van der Waals surface area contributed by atoms with Gasteiger partial charge in [0, 0.05) is 0 Å². The van der Waals surface area contributed by atoms with Crippen LogP contribution in [0.25, 0.3) is 0 Å². The fourth-order valence-electron chi connectivity index (χ4n) is 0.572. The highest BCUT2D eigenvalue weighted by molar-refractivity contribution is 5.85. The van der Waals surface area contributed by atoms with Gasteiger partial charge in [-0.2, -0.15) is 0 Å². The molecule has 0 atom stereocenters. The van der Waals surface area contributed by atoms with Gasteiger partial charge in [0.05, 0.1) is 0 Å².